The summed E-state index contributed by atoms with van der Waals surface area (Å²) in [5, 5.41) is 2.48. The van der Waals surface area contributed by atoms with Gasteiger partial charge in [-0.3, -0.25) is 9.59 Å². The molecular formula is C27H36N4O4S2. The number of likely N-dealkylation sites (N-methyl/N-ethyl adjacent to an activating group) is 1. The van der Waals surface area contributed by atoms with Gasteiger partial charge in [-0.2, -0.15) is 0 Å². The molecule has 1 aromatic heterocycles. The highest BCUT2D eigenvalue weighted by atomic mass is 32.2. The van der Waals surface area contributed by atoms with Crippen molar-refractivity contribution in [2.75, 3.05) is 29.1 Å². The summed E-state index contributed by atoms with van der Waals surface area (Å²) >= 11 is 2.16. The van der Waals surface area contributed by atoms with E-state index in [4.69, 9.17) is 10.3 Å². The molecule has 3 heterocycles. The van der Waals surface area contributed by atoms with Gasteiger partial charge in [0, 0.05) is 62.3 Å². The van der Waals surface area contributed by atoms with E-state index in [0.717, 1.165) is 60.5 Å². The van der Waals surface area contributed by atoms with E-state index >= 15 is 0 Å². The molecule has 1 saturated heterocycles. The van der Waals surface area contributed by atoms with E-state index in [0.29, 0.717) is 23.1 Å². The highest BCUT2D eigenvalue weighted by Gasteiger charge is 2.52. The maximum atomic E-state index is 13.2. The highest BCUT2D eigenvalue weighted by Crippen LogP contribution is 2.52. The Balaban J connectivity index is 0.000000528. The molecule has 5 N–H and O–H groups in total. The predicted octanol–water partition coefficient (Wildman–Crippen LogP) is 5.10. The Kier molecular flexibility index (Phi) is 8.23. The van der Waals surface area contributed by atoms with Crippen LogP contribution in [-0.4, -0.2) is 40.4 Å². The molecule has 2 aliphatic heterocycles. The van der Waals surface area contributed by atoms with Crippen LogP contribution in [0.15, 0.2) is 65.0 Å². The fourth-order valence-corrected chi connectivity index (χ4v) is 6.69. The Hall–Kier alpha value is -2.92. The van der Waals surface area contributed by atoms with Gasteiger partial charge in [-0.15, -0.1) is 11.3 Å². The standard InChI is InChI=1S/C24H26N2O3S.C3H4N2S.H2O.2H2/c1-25-21-5-3-2-4-20(21)24(23(25)28)13-10-16(11-14-24)19-12-15-26(22(19)27)17-6-8-18(30-29)9-7-17;4-3-5-1-2-6-3;;;/h2-9,16,19,29H,10-15H2,1H3;1-2H,(H2,4,5);1H2;2*1H/t16?,19-,24?;;;;/m1..../s1. The minimum Gasteiger partial charge on any atom is -0.412 e. The summed E-state index contributed by atoms with van der Waals surface area (Å²) in [5.74, 6) is 0.795. The fourth-order valence-electron chi connectivity index (χ4n) is 6.05. The quantitative estimate of drug-likeness (QED) is 0.441. The van der Waals surface area contributed by atoms with E-state index in [1.165, 1.54) is 11.3 Å². The van der Waals surface area contributed by atoms with Gasteiger partial charge < -0.3 is 25.6 Å². The number of para-hydroxylation sites is 1. The van der Waals surface area contributed by atoms with E-state index in [9.17, 15) is 9.59 Å². The molecule has 0 bridgehead atoms. The topological polar surface area (TPSA) is 131 Å². The van der Waals surface area contributed by atoms with E-state index < -0.39 is 5.41 Å². The van der Waals surface area contributed by atoms with Crippen LogP contribution < -0.4 is 15.5 Å². The molecule has 37 heavy (non-hydrogen) atoms. The Morgan fingerprint density at radius 1 is 1.11 bits per heavy atom. The van der Waals surface area contributed by atoms with Crippen LogP contribution in [0.2, 0.25) is 0 Å². The van der Waals surface area contributed by atoms with Gasteiger partial charge >= 0.3 is 0 Å². The normalized spacial score (nSPS) is 24.5. The molecule has 8 nitrogen and oxygen atoms in total. The van der Waals surface area contributed by atoms with Gasteiger partial charge in [0.1, 0.15) is 0 Å². The Bertz CT molecular complexity index is 1240. The number of amides is 2. The van der Waals surface area contributed by atoms with Crippen molar-refractivity contribution in [1.82, 2.24) is 4.98 Å². The first-order valence-corrected chi connectivity index (χ1v) is 13.9. The number of anilines is 3. The lowest BCUT2D eigenvalue weighted by Crippen LogP contribution is -2.43. The second-order valence-corrected chi connectivity index (χ2v) is 11.2. The molecule has 1 spiro atoms. The number of carbonyl (C=O) groups is 2. The van der Waals surface area contributed by atoms with Crippen LogP contribution >= 0.6 is 23.4 Å². The molecule has 0 unspecified atom stereocenters. The van der Waals surface area contributed by atoms with Gasteiger partial charge in [0.05, 0.1) is 5.41 Å². The van der Waals surface area contributed by atoms with Gasteiger partial charge in [0.15, 0.2) is 5.13 Å². The van der Waals surface area contributed by atoms with Crippen LogP contribution in [0, 0.1) is 11.8 Å². The van der Waals surface area contributed by atoms with Crippen LogP contribution in [0.25, 0.3) is 0 Å². The minimum atomic E-state index is -0.402. The van der Waals surface area contributed by atoms with Gasteiger partial charge in [0.2, 0.25) is 11.8 Å². The van der Waals surface area contributed by atoms with Crippen molar-refractivity contribution in [3.63, 3.8) is 0 Å². The largest absolute Gasteiger partial charge is 0.412 e. The third-order valence-electron chi connectivity index (χ3n) is 7.90. The molecule has 6 rings (SSSR count). The zero-order valence-corrected chi connectivity index (χ0v) is 22.3. The third kappa shape index (κ3) is 4.98. The van der Waals surface area contributed by atoms with Crippen LogP contribution in [0.5, 0.6) is 0 Å². The van der Waals surface area contributed by atoms with Gasteiger partial charge in [-0.1, -0.05) is 18.2 Å². The Morgan fingerprint density at radius 2 is 1.81 bits per heavy atom. The summed E-state index contributed by atoms with van der Waals surface area (Å²) in [6, 6.07) is 15.6. The molecule has 2 fully saturated rings. The van der Waals surface area contributed by atoms with Crippen LogP contribution in [-0.2, 0) is 15.0 Å². The lowest BCUT2D eigenvalue weighted by molar-refractivity contribution is -0.125. The van der Waals surface area contributed by atoms with Crippen molar-refractivity contribution in [2.45, 2.75) is 42.4 Å². The molecule has 1 aliphatic carbocycles. The third-order valence-corrected chi connectivity index (χ3v) is 8.99. The molecule has 1 saturated carbocycles. The van der Waals surface area contributed by atoms with E-state index in [-0.39, 0.29) is 26.1 Å². The number of hydrogen-bond acceptors (Lipinski definition) is 7. The molecular weight excluding hydrogens is 508 g/mol. The van der Waals surface area contributed by atoms with Gasteiger partial charge in [-0.05, 0) is 73.9 Å². The number of nitrogen functional groups attached to an aromatic ring is 1. The maximum Gasteiger partial charge on any atom is 0.237 e. The van der Waals surface area contributed by atoms with Crippen molar-refractivity contribution >= 4 is 51.7 Å². The first kappa shape index (κ1) is 27.1. The zero-order valence-electron chi connectivity index (χ0n) is 20.7. The van der Waals surface area contributed by atoms with Crippen molar-refractivity contribution in [1.29, 1.82) is 0 Å². The molecule has 200 valence electrons. The summed E-state index contributed by atoms with van der Waals surface area (Å²) in [6.45, 7) is 0.737. The van der Waals surface area contributed by atoms with E-state index in [1.807, 2.05) is 64.7 Å². The van der Waals surface area contributed by atoms with E-state index in [1.54, 1.807) is 6.20 Å². The number of carbonyl (C=O) groups excluding carboxylic acids is 2. The second kappa shape index (κ2) is 11.2. The van der Waals surface area contributed by atoms with Crippen LogP contribution in [0.1, 0.15) is 40.5 Å². The van der Waals surface area contributed by atoms with Crippen LogP contribution in [0.4, 0.5) is 16.5 Å². The summed E-state index contributed by atoms with van der Waals surface area (Å²) < 4.78 is 9.15. The van der Waals surface area contributed by atoms with E-state index in [2.05, 4.69) is 11.1 Å². The lowest BCUT2D eigenvalue weighted by atomic mass is 9.64. The number of thiazole rings is 1. The Morgan fingerprint density at radius 3 is 2.41 bits per heavy atom. The maximum absolute atomic E-state index is 13.2. The molecule has 10 heteroatoms. The monoisotopic (exact) mass is 544 g/mol. The molecule has 3 aliphatic rings. The first-order chi connectivity index (χ1) is 17.4. The number of nitrogens with two attached hydrogens (primary N) is 1. The molecule has 3 aromatic rings. The van der Waals surface area contributed by atoms with Crippen molar-refractivity contribution in [3.05, 3.63) is 65.7 Å². The molecule has 0 radical (unpaired) electrons. The first-order valence-electron chi connectivity index (χ1n) is 12.2. The summed E-state index contributed by atoms with van der Waals surface area (Å²) in [6.07, 6.45) is 6.03. The summed E-state index contributed by atoms with van der Waals surface area (Å²) in [5.41, 5.74) is 7.88. The smallest absolute Gasteiger partial charge is 0.237 e. The highest BCUT2D eigenvalue weighted by molar-refractivity contribution is 7.93. The van der Waals surface area contributed by atoms with Gasteiger partial charge in [0.25, 0.3) is 0 Å². The van der Waals surface area contributed by atoms with Crippen LogP contribution in [0.3, 0.4) is 0 Å². The molecule has 1 atom stereocenters. The second-order valence-electron chi connectivity index (χ2n) is 9.64. The lowest BCUT2D eigenvalue weighted by Gasteiger charge is -2.38. The minimum absolute atomic E-state index is 0. The SMILES string of the molecule is CN1C(=O)C2(CCC([C@H]3CCN(c4ccc(SO)cc4)C3=O)CC2)c2ccccc21.Nc1nccs1.O.[HH].[HH]. The average molecular weight is 545 g/mol. The number of aromatic nitrogens is 1. The number of rotatable bonds is 3. The van der Waals surface area contributed by atoms with Crippen molar-refractivity contribution in [2.24, 2.45) is 11.8 Å². The van der Waals surface area contributed by atoms with Crippen molar-refractivity contribution in [3.8, 4) is 0 Å². The summed E-state index contributed by atoms with van der Waals surface area (Å²) in [7, 11) is 1.88. The Labute approximate surface area is 228 Å². The van der Waals surface area contributed by atoms with Crippen molar-refractivity contribution < 1.29 is 22.5 Å². The number of benzene rings is 2. The number of hydrogen-bond donors (Lipinski definition) is 2. The molecule has 2 aromatic carbocycles. The summed E-state index contributed by atoms with van der Waals surface area (Å²) in [4.78, 5) is 34.5. The van der Waals surface area contributed by atoms with Gasteiger partial charge in [-0.25, -0.2) is 4.98 Å². The zero-order chi connectivity index (χ0) is 25.3. The average Bonchev–Trinajstić information content (AvgIpc) is 3.61. The fraction of sp³-hybridized carbons (Fsp3) is 0.370. The molecule has 2 amide bonds. The number of fused-ring (bicyclic) bond motifs is 2. The predicted molar refractivity (Wildman–Crippen MR) is 153 cm³/mol. The number of nitrogens with zero attached hydrogens (tertiary/aromatic N) is 3.